The second-order valence-corrected chi connectivity index (χ2v) is 9.59. The maximum absolute atomic E-state index is 15.8. The van der Waals surface area contributed by atoms with Crippen molar-refractivity contribution in [3.8, 4) is 28.4 Å². The highest BCUT2D eigenvalue weighted by Crippen LogP contribution is 2.44. The Kier molecular flexibility index (Phi) is 8.55. The lowest BCUT2D eigenvalue weighted by Gasteiger charge is -2.29. The molecule has 6 heteroatoms. The molecule has 0 radical (unpaired) electrons. The first-order valence-electron chi connectivity index (χ1n) is 12.7. The average Bonchev–Trinajstić information content (AvgIpc) is 2.86. The van der Waals surface area contributed by atoms with Crippen LogP contribution in [0.2, 0.25) is 0 Å². The van der Waals surface area contributed by atoms with Gasteiger partial charge in [0.25, 0.3) is 0 Å². The minimum atomic E-state index is -2.91. The molecule has 3 aromatic carbocycles. The lowest BCUT2D eigenvalue weighted by atomic mass is 9.76. The molecule has 1 aliphatic carbocycles. The number of benzene rings is 3. The molecule has 0 bridgehead atoms. The zero-order valence-corrected chi connectivity index (χ0v) is 20.7. The molecule has 2 nitrogen and oxygen atoms in total. The zero-order valence-electron chi connectivity index (χ0n) is 20.7. The van der Waals surface area contributed by atoms with Crippen molar-refractivity contribution in [2.75, 3.05) is 0 Å². The summed E-state index contributed by atoms with van der Waals surface area (Å²) in [6.07, 6.45) is 7.06. The molecule has 1 aliphatic rings. The van der Waals surface area contributed by atoms with Gasteiger partial charge in [-0.3, -0.25) is 0 Å². The van der Waals surface area contributed by atoms with Crippen LogP contribution in [0.1, 0.15) is 68.9 Å². The van der Waals surface area contributed by atoms with Gasteiger partial charge in [0.15, 0.2) is 11.6 Å². The van der Waals surface area contributed by atoms with Gasteiger partial charge in [-0.05, 0) is 79.8 Å². The van der Waals surface area contributed by atoms with Crippen LogP contribution in [0.3, 0.4) is 0 Å². The van der Waals surface area contributed by atoms with E-state index in [0.717, 1.165) is 32.1 Å². The summed E-state index contributed by atoms with van der Waals surface area (Å²) < 4.78 is 66.3. The Hall–Kier alpha value is -3.02. The largest absolute Gasteiger partial charge is 0.453 e. The van der Waals surface area contributed by atoms with E-state index in [0.29, 0.717) is 28.4 Å². The molecule has 0 aromatic heterocycles. The smallest absolute Gasteiger partial charge is 0.387 e. The Morgan fingerprint density at radius 3 is 2.31 bits per heavy atom. The van der Waals surface area contributed by atoms with E-state index < -0.39 is 18.2 Å². The highest BCUT2D eigenvalue weighted by molar-refractivity contribution is 5.71. The highest BCUT2D eigenvalue weighted by Gasteiger charge is 2.29. The number of alkyl halides is 2. The SMILES string of the molecule is CCCC[C@H]1CC[C@H](c2c(F)cc(C)c(Oc3ccccc3-c3ccc(OC(F)F)cc3)c2F)CC1. The van der Waals surface area contributed by atoms with E-state index in [1.54, 1.807) is 37.3 Å². The number of unbranched alkanes of at least 4 members (excludes halogenated alkanes) is 1. The number of aryl methyl sites for hydroxylation is 1. The van der Waals surface area contributed by atoms with Crippen LogP contribution in [-0.2, 0) is 0 Å². The van der Waals surface area contributed by atoms with Gasteiger partial charge in [0, 0.05) is 11.1 Å². The number of hydrogen-bond acceptors (Lipinski definition) is 2. The number of ether oxygens (including phenoxy) is 2. The van der Waals surface area contributed by atoms with Crippen molar-refractivity contribution in [3.63, 3.8) is 0 Å². The Labute approximate surface area is 210 Å². The quantitative estimate of drug-likeness (QED) is 0.272. The lowest BCUT2D eigenvalue weighted by molar-refractivity contribution is -0.0498. The van der Waals surface area contributed by atoms with Crippen LogP contribution in [0.5, 0.6) is 17.2 Å². The van der Waals surface area contributed by atoms with E-state index in [9.17, 15) is 8.78 Å². The maximum Gasteiger partial charge on any atom is 0.387 e. The summed E-state index contributed by atoms with van der Waals surface area (Å²) >= 11 is 0. The fraction of sp³-hybridized carbons (Fsp3) is 0.400. The van der Waals surface area contributed by atoms with Crippen molar-refractivity contribution in [2.24, 2.45) is 5.92 Å². The topological polar surface area (TPSA) is 18.5 Å². The monoisotopic (exact) mass is 500 g/mol. The fourth-order valence-electron chi connectivity index (χ4n) is 5.19. The van der Waals surface area contributed by atoms with Crippen molar-refractivity contribution in [1.29, 1.82) is 0 Å². The van der Waals surface area contributed by atoms with Crippen molar-refractivity contribution in [1.82, 2.24) is 0 Å². The van der Waals surface area contributed by atoms with Crippen LogP contribution in [0.15, 0.2) is 54.6 Å². The molecule has 1 fully saturated rings. The number of rotatable bonds is 9. The van der Waals surface area contributed by atoms with Crippen LogP contribution in [0.25, 0.3) is 11.1 Å². The van der Waals surface area contributed by atoms with Crippen LogP contribution >= 0.6 is 0 Å². The molecule has 0 spiro atoms. The Morgan fingerprint density at radius 2 is 1.64 bits per heavy atom. The Morgan fingerprint density at radius 1 is 0.944 bits per heavy atom. The Bertz CT molecular complexity index is 1150. The third kappa shape index (κ3) is 6.03. The molecule has 192 valence electrons. The molecule has 0 heterocycles. The predicted molar refractivity (Wildman–Crippen MR) is 134 cm³/mol. The average molecular weight is 501 g/mol. The Balaban J connectivity index is 1.59. The van der Waals surface area contributed by atoms with E-state index >= 15 is 8.78 Å². The van der Waals surface area contributed by atoms with Gasteiger partial charge >= 0.3 is 6.61 Å². The van der Waals surface area contributed by atoms with Crippen LogP contribution < -0.4 is 9.47 Å². The molecule has 3 aromatic rings. The second kappa shape index (κ2) is 11.8. The summed E-state index contributed by atoms with van der Waals surface area (Å²) in [6.45, 7) is 0.905. The van der Waals surface area contributed by atoms with E-state index in [1.165, 1.54) is 31.0 Å². The predicted octanol–water partition coefficient (Wildman–Crippen LogP) is 9.80. The van der Waals surface area contributed by atoms with Gasteiger partial charge in [0.1, 0.15) is 17.3 Å². The number of halogens is 4. The van der Waals surface area contributed by atoms with Gasteiger partial charge in [-0.1, -0.05) is 56.5 Å². The normalized spacial score (nSPS) is 17.9. The summed E-state index contributed by atoms with van der Waals surface area (Å²) in [5.74, 6) is -0.229. The van der Waals surface area contributed by atoms with Gasteiger partial charge < -0.3 is 9.47 Å². The molecule has 0 unspecified atom stereocenters. The highest BCUT2D eigenvalue weighted by atomic mass is 19.3. The summed E-state index contributed by atoms with van der Waals surface area (Å²) in [4.78, 5) is 0. The molecule has 36 heavy (non-hydrogen) atoms. The zero-order chi connectivity index (χ0) is 25.7. The first kappa shape index (κ1) is 26.1. The molecule has 0 aliphatic heterocycles. The summed E-state index contributed by atoms with van der Waals surface area (Å²) in [7, 11) is 0. The van der Waals surface area contributed by atoms with Crippen LogP contribution in [0.4, 0.5) is 17.6 Å². The lowest BCUT2D eigenvalue weighted by Crippen LogP contribution is -2.16. The summed E-state index contributed by atoms with van der Waals surface area (Å²) in [6, 6.07) is 14.6. The second-order valence-electron chi connectivity index (χ2n) is 9.59. The third-order valence-corrected chi connectivity index (χ3v) is 7.11. The van der Waals surface area contributed by atoms with Crippen LogP contribution in [-0.4, -0.2) is 6.61 Å². The number of hydrogen-bond donors (Lipinski definition) is 0. The maximum atomic E-state index is 15.8. The van der Waals surface area contributed by atoms with E-state index in [2.05, 4.69) is 11.7 Å². The summed E-state index contributed by atoms with van der Waals surface area (Å²) in [5, 5.41) is 0. The fourth-order valence-corrected chi connectivity index (χ4v) is 5.19. The minimum absolute atomic E-state index is 0.0182. The third-order valence-electron chi connectivity index (χ3n) is 7.11. The molecule has 0 N–H and O–H groups in total. The molecular weight excluding hydrogens is 468 g/mol. The standard InChI is InChI=1S/C30H32F4O2/c1-3-4-7-20-10-12-22(13-11-20)27-25(31)18-19(2)29(28(27)32)36-26-9-6-5-8-24(26)21-14-16-23(17-15-21)35-30(33)34/h5-6,8-9,14-18,20,22,30H,3-4,7,10-13H2,1-2H3/t20-,22-. The minimum Gasteiger partial charge on any atom is -0.453 e. The van der Waals surface area contributed by atoms with E-state index in [4.69, 9.17) is 4.74 Å². The molecule has 1 saturated carbocycles. The van der Waals surface area contributed by atoms with Crippen molar-refractivity contribution >= 4 is 0 Å². The van der Waals surface area contributed by atoms with Crippen LogP contribution in [0, 0.1) is 24.5 Å². The summed E-state index contributed by atoms with van der Waals surface area (Å²) in [5.41, 5.74) is 1.84. The van der Waals surface area contributed by atoms with Gasteiger partial charge in [-0.25, -0.2) is 8.78 Å². The van der Waals surface area contributed by atoms with Crippen molar-refractivity contribution in [2.45, 2.75) is 71.3 Å². The number of para-hydroxylation sites is 1. The van der Waals surface area contributed by atoms with E-state index in [1.807, 2.05) is 6.07 Å². The molecule has 4 rings (SSSR count). The van der Waals surface area contributed by atoms with Gasteiger partial charge in [-0.15, -0.1) is 0 Å². The molecule has 0 atom stereocenters. The van der Waals surface area contributed by atoms with E-state index in [-0.39, 0.29) is 23.0 Å². The van der Waals surface area contributed by atoms with Crippen molar-refractivity contribution < 1.29 is 27.0 Å². The van der Waals surface area contributed by atoms with Gasteiger partial charge in [0.2, 0.25) is 0 Å². The van der Waals surface area contributed by atoms with Gasteiger partial charge in [-0.2, -0.15) is 8.78 Å². The first-order valence-corrected chi connectivity index (χ1v) is 12.7. The molecule has 0 amide bonds. The van der Waals surface area contributed by atoms with Gasteiger partial charge in [0.05, 0.1) is 0 Å². The van der Waals surface area contributed by atoms with Crippen molar-refractivity contribution in [3.05, 3.63) is 77.4 Å². The molecule has 0 saturated heterocycles. The molecular formula is C30H32F4O2. The first-order chi connectivity index (χ1) is 17.4.